The summed E-state index contributed by atoms with van der Waals surface area (Å²) in [6.07, 6.45) is 2.01. The van der Waals surface area contributed by atoms with Crippen molar-refractivity contribution in [1.82, 2.24) is 0 Å². The number of carbonyl (C=O) groups excluding carboxylic acids is 1. The van der Waals surface area contributed by atoms with Crippen LogP contribution in [0.2, 0.25) is 0 Å². The van der Waals surface area contributed by atoms with Gasteiger partial charge in [-0.15, -0.1) is 0 Å². The third-order valence-corrected chi connectivity index (χ3v) is 5.39. The molecule has 2 unspecified atom stereocenters. The van der Waals surface area contributed by atoms with Crippen LogP contribution in [-0.2, 0) is 0 Å². The number of hydrogen-bond donors (Lipinski definition) is 0. The maximum Gasteiger partial charge on any atom is 0.188 e. The fraction of sp³-hybridized carbons (Fsp3) is 0.588. The molecule has 0 fully saturated rings. The zero-order chi connectivity index (χ0) is 16.9. The summed E-state index contributed by atoms with van der Waals surface area (Å²) < 4.78 is 11.5. The Hall–Kier alpha value is -0.00260. The molecule has 0 N–H and O–H groups in total. The van der Waals surface area contributed by atoms with Crippen molar-refractivity contribution in [2.75, 3.05) is 20.4 Å². The number of benzene rings is 1. The monoisotopic (exact) mass is 395 g/mol. The quantitative estimate of drug-likeness (QED) is 0.482. The van der Waals surface area contributed by atoms with E-state index in [1.807, 2.05) is 6.07 Å². The Bertz CT molecular complexity index is 529. The van der Waals surface area contributed by atoms with Crippen molar-refractivity contribution in [3.63, 3.8) is 0 Å². The molecule has 3 nitrogen and oxygen atoms in total. The van der Waals surface area contributed by atoms with Crippen molar-refractivity contribution in [1.29, 1.82) is 0 Å². The topological polar surface area (TPSA) is 35.5 Å². The van der Waals surface area contributed by atoms with Gasteiger partial charge < -0.3 is 9.47 Å². The van der Waals surface area contributed by atoms with Gasteiger partial charge in [-0.25, -0.2) is 0 Å². The van der Waals surface area contributed by atoms with Gasteiger partial charge >= 0.3 is 0 Å². The average molecular weight is 396 g/mol. The predicted molar refractivity (Wildman–Crippen MR) is 104 cm³/mol. The number of halogens is 1. The van der Waals surface area contributed by atoms with Gasteiger partial charge in [-0.2, -0.15) is 0 Å². The van der Waals surface area contributed by atoms with E-state index in [0.29, 0.717) is 23.0 Å². The van der Waals surface area contributed by atoms with E-state index < -0.39 is 0 Å². The first-order chi connectivity index (χ1) is 10.2. The van der Waals surface area contributed by atoms with Crippen LogP contribution in [0.5, 0.6) is 11.5 Å². The molecule has 6 heteroatoms. The first-order valence-corrected chi connectivity index (χ1v) is 9.38. The number of rotatable bonds is 7. The minimum Gasteiger partial charge on any atom is -0.496 e. The minimum absolute atomic E-state index is 0. The smallest absolute Gasteiger partial charge is 0.188 e. The van der Waals surface area contributed by atoms with Crippen LogP contribution in [0.3, 0.4) is 0 Å². The van der Waals surface area contributed by atoms with E-state index in [-0.39, 0.29) is 38.4 Å². The summed E-state index contributed by atoms with van der Waals surface area (Å²) in [6, 6.07) is 3.63. The van der Waals surface area contributed by atoms with Gasteiger partial charge in [0.25, 0.3) is 0 Å². The van der Waals surface area contributed by atoms with Crippen LogP contribution in [0.4, 0.5) is 0 Å². The number of ether oxygens (including phenoxy) is 2. The van der Waals surface area contributed by atoms with E-state index in [0.717, 1.165) is 17.1 Å². The predicted octanol–water partition coefficient (Wildman–Crippen LogP) is 4.98. The zero-order valence-electron chi connectivity index (χ0n) is 15.2. The molecule has 0 aliphatic carbocycles. The molecule has 2 atom stereocenters. The molecule has 0 amide bonds. The van der Waals surface area contributed by atoms with Gasteiger partial charge in [0.05, 0.1) is 18.7 Å². The van der Waals surface area contributed by atoms with Gasteiger partial charge in [-0.1, -0.05) is 27.7 Å². The number of methoxy groups -OCH3 is 2. The molecule has 1 aromatic carbocycles. The maximum absolute atomic E-state index is 12.7. The third-order valence-electron chi connectivity index (χ3n) is 3.29. The van der Waals surface area contributed by atoms with E-state index in [9.17, 15) is 4.79 Å². The normalized spacial score (nSPS) is 12.8. The summed E-state index contributed by atoms with van der Waals surface area (Å²) >= 11 is 3.43. The summed E-state index contributed by atoms with van der Waals surface area (Å²) in [5.41, 5.74) is 0.925. The first-order valence-electron chi connectivity index (χ1n) is 7.38. The molecule has 0 aromatic heterocycles. The maximum atomic E-state index is 12.7. The summed E-state index contributed by atoms with van der Waals surface area (Å²) in [5, 5.41) is 0. The van der Waals surface area contributed by atoms with Gasteiger partial charge in [-0.3, -0.25) is 4.79 Å². The second-order valence-corrected chi connectivity index (χ2v) is 8.81. The Balaban J connectivity index is 0.00000484. The van der Waals surface area contributed by atoms with Crippen molar-refractivity contribution in [3.05, 3.63) is 22.2 Å². The largest absolute Gasteiger partial charge is 0.496 e. The summed E-state index contributed by atoms with van der Waals surface area (Å²) in [7, 11) is 3.37. The van der Waals surface area contributed by atoms with E-state index in [4.69, 9.17) is 9.47 Å². The molecule has 1 aromatic rings. The van der Waals surface area contributed by atoms with E-state index >= 15 is 0 Å². The van der Waals surface area contributed by atoms with Gasteiger partial charge in [0, 0.05) is 18.9 Å². The van der Waals surface area contributed by atoms with Crippen molar-refractivity contribution >= 4 is 48.9 Å². The summed E-state index contributed by atoms with van der Waals surface area (Å²) in [6.45, 7) is 8.90. The fourth-order valence-corrected chi connectivity index (χ4v) is 4.18. The van der Waals surface area contributed by atoms with Crippen LogP contribution in [0.25, 0.3) is 0 Å². The SMILES string of the molecule is COc1ccc(Br)c(OC)c1C(=O)PCC(C)CC(C)(C)C.[Li]. The molecule has 0 spiro atoms. The van der Waals surface area contributed by atoms with Crippen LogP contribution in [0.1, 0.15) is 44.5 Å². The van der Waals surface area contributed by atoms with Gasteiger partial charge in [0.1, 0.15) is 17.1 Å². The molecule has 0 aliphatic heterocycles. The second-order valence-electron chi connectivity index (χ2n) is 6.74. The van der Waals surface area contributed by atoms with Crippen molar-refractivity contribution in [2.24, 2.45) is 11.3 Å². The van der Waals surface area contributed by atoms with Crippen molar-refractivity contribution in [3.8, 4) is 11.5 Å². The van der Waals surface area contributed by atoms with Crippen molar-refractivity contribution < 1.29 is 14.3 Å². The van der Waals surface area contributed by atoms with Crippen molar-refractivity contribution in [2.45, 2.75) is 34.1 Å². The Morgan fingerprint density at radius 3 is 2.35 bits per heavy atom. The third kappa shape index (κ3) is 7.18. The molecule has 0 heterocycles. The zero-order valence-corrected chi connectivity index (χ0v) is 17.8. The molecule has 0 saturated carbocycles. The first kappa shape index (κ1) is 23.0. The number of hydrogen-bond acceptors (Lipinski definition) is 3. The average Bonchev–Trinajstić information content (AvgIpc) is 2.42. The molecule has 0 saturated heterocycles. The molecule has 125 valence electrons. The molecule has 0 bridgehead atoms. The Kier molecular flexibility index (Phi) is 10.1. The fourth-order valence-electron chi connectivity index (χ4n) is 2.60. The van der Waals surface area contributed by atoms with Crippen LogP contribution in [0.15, 0.2) is 16.6 Å². The molecule has 1 rings (SSSR count). The summed E-state index contributed by atoms with van der Waals surface area (Å²) in [4.78, 5) is 12.7. The standard InChI is InChI=1S/C17H26BrO3P.Li/c1-11(9-17(2,3)4)10-22-16(19)14-13(20-5)8-7-12(18)15(14)21-6;/h7-8,11,22H,9-10H2,1-6H3;. The Morgan fingerprint density at radius 1 is 1.26 bits per heavy atom. The Labute approximate surface area is 162 Å². The second kappa shape index (κ2) is 10.1. The minimum atomic E-state index is 0. The van der Waals surface area contributed by atoms with E-state index in [1.54, 1.807) is 20.3 Å². The molecular weight excluding hydrogens is 370 g/mol. The van der Waals surface area contributed by atoms with Crippen LogP contribution < -0.4 is 9.47 Å². The summed E-state index contributed by atoms with van der Waals surface area (Å²) in [5.74, 6) is 1.65. The van der Waals surface area contributed by atoms with Crippen LogP contribution in [0, 0.1) is 11.3 Å². The van der Waals surface area contributed by atoms with Gasteiger partial charge in [-0.05, 0) is 60.6 Å². The molecule has 23 heavy (non-hydrogen) atoms. The van der Waals surface area contributed by atoms with Crippen LogP contribution in [-0.4, -0.2) is 44.8 Å². The van der Waals surface area contributed by atoms with Gasteiger partial charge in [0.2, 0.25) is 0 Å². The molecule has 1 radical (unpaired) electrons. The Morgan fingerprint density at radius 2 is 1.87 bits per heavy atom. The van der Waals surface area contributed by atoms with Crippen LogP contribution >= 0.6 is 24.5 Å². The van der Waals surface area contributed by atoms with Gasteiger partial charge in [0.15, 0.2) is 5.52 Å². The van der Waals surface area contributed by atoms with E-state index in [2.05, 4.69) is 43.6 Å². The molecular formula is C17H26BrLiO3P. The van der Waals surface area contributed by atoms with E-state index in [1.165, 1.54) is 0 Å². The molecule has 0 aliphatic rings. The number of carbonyl (C=O) groups is 1.